The number of fused-ring (bicyclic) bond motifs is 1. The zero-order valence-corrected chi connectivity index (χ0v) is 21.9. The largest absolute Gasteiger partial charge is 0.493 e. The van der Waals surface area contributed by atoms with E-state index < -0.39 is 16.1 Å². The summed E-state index contributed by atoms with van der Waals surface area (Å²) in [6.07, 6.45) is 1.80. The van der Waals surface area contributed by atoms with Crippen molar-refractivity contribution in [1.29, 1.82) is 0 Å². The van der Waals surface area contributed by atoms with Crippen molar-refractivity contribution in [1.82, 2.24) is 24.5 Å². The molecule has 0 radical (unpaired) electrons. The number of rotatable bonds is 11. The van der Waals surface area contributed by atoms with Gasteiger partial charge in [-0.05, 0) is 43.5 Å². The van der Waals surface area contributed by atoms with Crippen molar-refractivity contribution in [3.8, 4) is 17.1 Å². The van der Waals surface area contributed by atoms with Crippen LogP contribution in [-0.2, 0) is 29.9 Å². The molecule has 1 atom stereocenters. The maximum absolute atomic E-state index is 13.3. The molecule has 3 N–H and O–H groups in total. The first-order valence-corrected chi connectivity index (χ1v) is 13.7. The van der Waals surface area contributed by atoms with Gasteiger partial charge in [-0.3, -0.25) is 9.48 Å². The maximum Gasteiger partial charge on any atom is 0.277 e. The second-order valence-corrected chi connectivity index (χ2v) is 10.4. The van der Waals surface area contributed by atoms with Crippen molar-refractivity contribution < 1.29 is 18.3 Å². The van der Waals surface area contributed by atoms with Crippen LogP contribution in [0.2, 0.25) is 0 Å². The summed E-state index contributed by atoms with van der Waals surface area (Å²) in [5.41, 5.74) is 2.36. The topological polar surface area (TPSA) is 139 Å². The third-order valence-corrected chi connectivity index (χ3v) is 7.45. The maximum atomic E-state index is 13.3. The van der Waals surface area contributed by atoms with Crippen LogP contribution < -0.4 is 15.0 Å². The highest BCUT2D eigenvalue weighted by atomic mass is 32.2. The van der Waals surface area contributed by atoms with E-state index in [4.69, 9.17) is 4.74 Å². The van der Waals surface area contributed by atoms with E-state index in [1.165, 1.54) is 16.8 Å². The highest BCUT2D eigenvalue weighted by molar-refractivity contribution is 7.89. The summed E-state index contributed by atoms with van der Waals surface area (Å²) in [6.45, 7) is 3.79. The number of aromatic nitrogens is 4. The summed E-state index contributed by atoms with van der Waals surface area (Å²) in [7, 11) is -2.33. The van der Waals surface area contributed by atoms with E-state index in [0.717, 1.165) is 12.0 Å². The molecule has 4 rings (SSSR count). The number of nitrogens with zero attached hydrogens (tertiary/aromatic N) is 3. The lowest BCUT2D eigenvalue weighted by atomic mass is 10.1. The number of nitrogens with one attached hydrogen (secondary N) is 2. The van der Waals surface area contributed by atoms with Gasteiger partial charge in [0.25, 0.3) is 5.56 Å². The Morgan fingerprint density at radius 1 is 1.16 bits per heavy atom. The van der Waals surface area contributed by atoms with Crippen LogP contribution in [0.25, 0.3) is 22.4 Å². The number of aliphatic hydroxyl groups is 1. The fourth-order valence-electron chi connectivity index (χ4n) is 4.25. The van der Waals surface area contributed by atoms with Gasteiger partial charge in [0.05, 0.1) is 29.4 Å². The molecule has 0 aliphatic rings. The second-order valence-electron chi connectivity index (χ2n) is 8.71. The van der Waals surface area contributed by atoms with Crippen LogP contribution in [0.4, 0.5) is 0 Å². The van der Waals surface area contributed by atoms with Crippen LogP contribution in [0.5, 0.6) is 5.75 Å². The minimum atomic E-state index is -4.02. The van der Waals surface area contributed by atoms with E-state index in [0.29, 0.717) is 47.5 Å². The summed E-state index contributed by atoms with van der Waals surface area (Å²) < 4.78 is 36.4. The van der Waals surface area contributed by atoms with Crippen molar-refractivity contribution in [3.63, 3.8) is 0 Å². The van der Waals surface area contributed by atoms with Crippen molar-refractivity contribution in [2.24, 2.45) is 7.05 Å². The zero-order valence-electron chi connectivity index (χ0n) is 21.1. The molecular weight excluding hydrogens is 494 g/mol. The molecule has 1 unspecified atom stereocenters. The highest BCUT2D eigenvalue weighted by Crippen LogP contribution is 2.31. The standard InChI is InChI=1S/C26H31N5O5S/c1-4-9-21-23-24(31(3)29-21)26(33)28-25(27-23)20-15-19(12-13-22(20)36-5-2)37(34,35)30-18(16-32)14-17-10-7-6-8-11-17/h6-8,10-13,15,18,30,32H,4-5,9,14,16H2,1-3H3,(H,27,28,33). The molecule has 4 aromatic rings. The van der Waals surface area contributed by atoms with Gasteiger partial charge < -0.3 is 14.8 Å². The molecule has 0 aliphatic carbocycles. The number of benzene rings is 2. The number of aromatic amines is 1. The molecule has 0 aliphatic heterocycles. The van der Waals surface area contributed by atoms with Crippen LogP contribution >= 0.6 is 0 Å². The molecular formula is C26H31N5O5S. The fraction of sp³-hybridized carbons (Fsp3) is 0.346. The van der Waals surface area contributed by atoms with Gasteiger partial charge in [-0.2, -0.15) is 5.10 Å². The number of hydrogen-bond donors (Lipinski definition) is 3. The Bertz CT molecular complexity index is 1550. The molecule has 37 heavy (non-hydrogen) atoms. The molecule has 2 aromatic heterocycles. The monoisotopic (exact) mass is 525 g/mol. The predicted molar refractivity (Wildman–Crippen MR) is 141 cm³/mol. The van der Waals surface area contributed by atoms with E-state index in [1.54, 1.807) is 13.1 Å². The first-order chi connectivity index (χ1) is 17.8. The van der Waals surface area contributed by atoms with Crippen molar-refractivity contribution in [2.75, 3.05) is 13.2 Å². The number of H-pyrrole nitrogens is 1. The Morgan fingerprint density at radius 3 is 2.59 bits per heavy atom. The van der Waals surface area contributed by atoms with Gasteiger partial charge in [-0.15, -0.1) is 0 Å². The Labute approximate surface area is 215 Å². The Balaban J connectivity index is 1.76. The summed E-state index contributed by atoms with van der Waals surface area (Å²) >= 11 is 0. The molecule has 0 saturated carbocycles. The summed E-state index contributed by atoms with van der Waals surface area (Å²) in [6, 6.07) is 13.0. The molecule has 10 nitrogen and oxygen atoms in total. The third-order valence-electron chi connectivity index (χ3n) is 5.93. The first-order valence-electron chi connectivity index (χ1n) is 12.2. The number of aryl methyl sites for hydroxylation is 2. The van der Waals surface area contributed by atoms with Crippen LogP contribution in [0.3, 0.4) is 0 Å². The molecule has 196 valence electrons. The van der Waals surface area contributed by atoms with E-state index in [2.05, 4.69) is 19.8 Å². The minimum absolute atomic E-state index is 0.0415. The quantitative estimate of drug-likeness (QED) is 0.273. The first kappa shape index (κ1) is 26.5. The average molecular weight is 526 g/mol. The molecule has 0 fully saturated rings. The molecule has 0 bridgehead atoms. The number of aliphatic hydroxyl groups excluding tert-OH is 1. The van der Waals surface area contributed by atoms with E-state index in [1.807, 2.05) is 44.2 Å². The summed E-state index contributed by atoms with van der Waals surface area (Å²) in [4.78, 5) is 20.4. The summed E-state index contributed by atoms with van der Waals surface area (Å²) in [5, 5.41) is 14.3. The lowest BCUT2D eigenvalue weighted by Crippen LogP contribution is -2.39. The highest BCUT2D eigenvalue weighted by Gasteiger charge is 2.23. The molecule has 0 saturated heterocycles. The smallest absolute Gasteiger partial charge is 0.277 e. The van der Waals surface area contributed by atoms with Crippen molar-refractivity contribution >= 4 is 21.1 Å². The molecule has 0 amide bonds. The van der Waals surface area contributed by atoms with E-state index in [9.17, 15) is 18.3 Å². The number of ether oxygens (including phenoxy) is 1. The molecule has 11 heteroatoms. The minimum Gasteiger partial charge on any atom is -0.493 e. The Morgan fingerprint density at radius 2 is 1.92 bits per heavy atom. The number of hydrogen-bond acceptors (Lipinski definition) is 7. The average Bonchev–Trinajstić information content (AvgIpc) is 3.20. The Hall–Kier alpha value is -3.54. The van der Waals surface area contributed by atoms with Crippen molar-refractivity contribution in [3.05, 3.63) is 70.1 Å². The van der Waals surface area contributed by atoms with E-state index >= 15 is 0 Å². The van der Waals surface area contributed by atoms with Gasteiger partial charge >= 0.3 is 0 Å². The zero-order chi connectivity index (χ0) is 26.6. The summed E-state index contributed by atoms with van der Waals surface area (Å²) in [5.74, 6) is 0.569. The van der Waals surface area contributed by atoms with Gasteiger partial charge in [0, 0.05) is 13.1 Å². The molecule has 0 spiro atoms. The van der Waals surface area contributed by atoms with Crippen LogP contribution in [0, 0.1) is 0 Å². The van der Waals surface area contributed by atoms with Gasteiger partial charge in [0.2, 0.25) is 10.0 Å². The fourth-order valence-corrected chi connectivity index (χ4v) is 5.50. The molecule has 2 heterocycles. The van der Waals surface area contributed by atoms with Crippen molar-refractivity contribution in [2.45, 2.75) is 44.0 Å². The molecule has 2 aromatic carbocycles. The van der Waals surface area contributed by atoms with Crippen LogP contribution in [0.1, 0.15) is 31.5 Å². The third kappa shape index (κ3) is 5.74. The normalized spacial score (nSPS) is 12.6. The lowest BCUT2D eigenvalue weighted by molar-refractivity contribution is 0.256. The van der Waals surface area contributed by atoms with Gasteiger partial charge in [0.1, 0.15) is 17.1 Å². The van der Waals surface area contributed by atoms with Crippen LogP contribution in [-0.4, -0.2) is 52.5 Å². The van der Waals surface area contributed by atoms with Crippen LogP contribution in [0.15, 0.2) is 58.2 Å². The van der Waals surface area contributed by atoms with Gasteiger partial charge in [0.15, 0.2) is 5.52 Å². The Kier molecular flexibility index (Phi) is 8.06. The lowest BCUT2D eigenvalue weighted by Gasteiger charge is -2.18. The predicted octanol–water partition coefficient (Wildman–Crippen LogP) is 2.56. The van der Waals surface area contributed by atoms with Gasteiger partial charge in [-0.1, -0.05) is 43.7 Å². The number of sulfonamides is 1. The van der Waals surface area contributed by atoms with Gasteiger partial charge in [-0.25, -0.2) is 18.1 Å². The second kappa shape index (κ2) is 11.2. The van der Waals surface area contributed by atoms with E-state index in [-0.39, 0.29) is 22.9 Å². The SMILES string of the molecule is CCCc1nn(C)c2c(=O)[nH]c(-c3cc(S(=O)(=O)NC(CO)Cc4ccccc4)ccc3OCC)nc12.